The van der Waals surface area contributed by atoms with Gasteiger partial charge < -0.3 is 19.3 Å². The minimum atomic E-state index is -0.953. The van der Waals surface area contributed by atoms with E-state index in [0.717, 1.165) is 10.9 Å². The first kappa shape index (κ1) is 25.2. The molecule has 9 nitrogen and oxygen atoms in total. The molecule has 188 valence electrons. The fourth-order valence-corrected chi connectivity index (χ4v) is 4.46. The Morgan fingerprint density at radius 1 is 1.03 bits per heavy atom. The normalized spacial score (nSPS) is 15.1. The number of aliphatic carboxylic acids is 1. The predicted molar refractivity (Wildman–Crippen MR) is 135 cm³/mol. The van der Waals surface area contributed by atoms with Crippen LogP contribution < -0.4 is 14.2 Å². The number of hydrogen-bond donors (Lipinski definition) is 1. The van der Waals surface area contributed by atoms with Gasteiger partial charge in [0.2, 0.25) is 5.91 Å². The molecular formula is C26H26ClN3O6. The zero-order valence-electron chi connectivity index (χ0n) is 20.2. The van der Waals surface area contributed by atoms with Gasteiger partial charge >= 0.3 is 5.97 Å². The van der Waals surface area contributed by atoms with Crippen molar-refractivity contribution in [2.45, 2.75) is 31.7 Å². The van der Waals surface area contributed by atoms with Crippen LogP contribution >= 0.6 is 11.6 Å². The Balaban J connectivity index is 1.73. The summed E-state index contributed by atoms with van der Waals surface area (Å²) in [5.74, 6) is 0.545. The summed E-state index contributed by atoms with van der Waals surface area (Å²) in [5, 5.41) is 16.1. The van der Waals surface area contributed by atoms with Crippen molar-refractivity contribution < 1.29 is 28.9 Å². The van der Waals surface area contributed by atoms with Gasteiger partial charge in [-0.05, 0) is 48.9 Å². The fraction of sp³-hybridized carbons (Fsp3) is 0.308. The van der Waals surface area contributed by atoms with E-state index in [1.165, 1.54) is 5.01 Å². The third-order valence-electron chi connectivity index (χ3n) is 6.03. The Hall–Kier alpha value is -3.85. The SMILES string of the molecule is COc1ccc2nc(Cl)c([C@@H]3CC(c4ccc(OC)c(OC)c4)=NN3C(=O)CCCC(=O)O)cc2c1. The number of hydrogen-bond acceptors (Lipinski definition) is 7. The molecule has 1 aliphatic rings. The third kappa shape index (κ3) is 5.21. The molecule has 0 saturated heterocycles. The van der Waals surface area contributed by atoms with Gasteiger partial charge in [0.15, 0.2) is 11.5 Å². The van der Waals surface area contributed by atoms with E-state index in [2.05, 4.69) is 10.1 Å². The average Bonchev–Trinajstić information content (AvgIpc) is 3.32. The van der Waals surface area contributed by atoms with Crippen LogP contribution in [0, 0.1) is 0 Å². The second kappa shape index (κ2) is 10.8. The van der Waals surface area contributed by atoms with Gasteiger partial charge in [-0.25, -0.2) is 9.99 Å². The maximum absolute atomic E-state index is 13.2. The van der Waals surface area contributed by atoms with E-state index < -0.39 is 12.0 Å². The van der Waals surface area contributed by atoms with Crippen molar-refractivity contribution in [1.82, 2.24) is 9.99 Å². The van der Waals surface area contributed by atoms with Crippen LogP contribution in [-0.2, 0) is 9.59 Å². The molecule has 1 aliphatic heterocycles. The number of carbonyl (C=O) groups is 2. The number of carbonyl (C=O) groups excluding carboxylic acids is 1. The Morgan fingerprint density at radius 3 is 2.50 bits per heavy atom. The summed E-state index contributed by atoms with van der Waals surface area (Å²) in [6.07, 6.45) is 0.531. The van der Waals surface area contributed by atoms with Gasteiger partial charge in [-0.1, -0.05) is 11.6 Å². The van der Waals surface area contributed by atoms with E-state index >= 15 is 0 Å². The summed E-state index contributed by atoms with van der Waals surface area (Å²) < 4.78 is 16.1. The number of ether oxygens (including phenoxy) is 3. The van der Waals surface area contributed by atoms with E-state index in [-0.39, 0.29) is 30.3 Å². The van der Waals surface area contributed by atoms with Crippen molar-refractivity contribution in [2.75, 3.05) is 21.3 Å². The first-order valence-corrected chi connectivity index (χ1v) is 11.7. The predicted octanol–water partition coefficient (Wildman–Crippen LogP) is 4.85. The number of methoxy groups -OCH3 is 3. The number of fused-ring (bicyclic) bond motifs is 1. The lowest BCUT2D eigenvalue weighted by atomic mass is 9.98. The highest BCUT2D eigenvalue weighted by Crippen LogP contribution is 2.39. The third-order valence-corrected chi connectivity index (χ3v) is 6.33. The van der Waals surface area contributed by atoms with Crippen molar-refractivity contribution in [3.8, 4) is 17.2 Å². The molecule has 1 N–H and O–H groups in total. The van der Waals surface area contributed by atoms with Gasteiger partial charge in [0, 0.05) is 35.8 Å². The number of rotatable bonds is 9. The first-order chi connectivity index (χ1) is 17.3. The molecule has 0 unspecified atom stereocenters. The van der Waals surface area contributed by atoms with Crippen LogP contribution in [0.15, 0.2) is 47.6 Å². The van der Waals surface area contributed by atoms with Crippen LogP contribution in [0.1, 0.15) is 42.9 Å². The van der Waals surface area contributed by atoms with Crippen molar-refractivity contribution in [3.63, 3.8) is 0 Å². The molecule has 10 heteroatoms. The fourth-order valence-electron chi connectivity index (χ4n) is 4.19. The van der Waals surface area contributed by atoms with Crippen molar-refractivity contribution in [3.05, 3.63) is 58.7 Å². The van der Waals surface area contributed by atoms with Crippen molar-refractivity contribution in [1.29, 1.82) is 0 Å². The Morgan fingerprint density at radius 2 is 1.81 bits per heavy atom. The van der Waals surface area contributed by atoms with Gasteiger partial charge in [-0.2, -0.15) is 5.10 Å². The van der Waals surface area contributed by atoms with Gasteiger partial charge in [0.25, 0.3) is 0 Å². The van der Waals surface area contributed by atoms with E-state index in [0.29, 0.717) is 40.5 Å². The molecule has 4 rings (SSSR count). The second-order valence-corrected chi connectivity index (χ2v) is 8.61. The quantitative estimate of drug-likeness (QED) is 0.409. The number of pyridine rings is 1. The maximum Gasteiger partial charge on any atom is 0.303 e. The van der Waals surface area contributed by atoms with Crippen LogP contribution in [0.4, 0.5) is 0 Å². The smallest absolute Gasteiger partial charge is 0.303 e. The summed E-state index contributed by atoms with van der Waals surface area (Å²) in [5.41, 5.74) is 2.77. The molecule has 0 fully saturated rings. The molecule has 1 atom stereocenters. The summed E-state index contributed by atoms with van der Waals surface area (Å²) in [6.45, 7) is 0. The topological polar surface area (TPSA) is 111 Å². The molecule has 0 saturated carbocycles. The van der Waals surface area contributed by atoms with Gasteiger partial charge in [-0.3, -0.25) is 9.59 Å². The van der Waals surface area contributed by atoms with Crippen molar-refractivity contribution >= 4 is 40.1 Å². The monoisotopic (exact) mass is 511 g/mol. The zero-order chi connectivity index (χ0) is 25.8. The number of hydrazone groups is 1. The number of aromatic nitrogens is 1. The number of nitrogens with zero attached hydrogens (tertiary/aromatic N) is 3. The summed E-state index contributed by atoms with van der Waals surface area (Å²) >= 11 is 6.61. The summed E-state index contributed by atoms with van der Waals surface area (Å²) in [4.78, 5) is 28.7. The zero-order valence-corrected chi connectivity index (χ0v) is 20.9. The molecule has 2 heterocycles. The highest BCUT2D eigenvalue weighted by Gasteiger charge is 2.35. The van der Waals surface area contributed by atoms with Crippen LogP contribution in [0.3, 0.4) is 0 Å². The first-order valence-electron chi connectivity index (χ1n) is 11.3. The Kier molecular flexibility index (Phi) is 7.59. The molecule has 1 aromatic heterocycles. The maximum atomic E-state index is 13.2. The van der Waals surface area contributed by atoms with E-state index in [4.69, 9.17) is 30.9 Å². The van der Waals surface area contributed by atoms with E-state index in [1.54, 1.807) is 39.5 Å². The lowest BCUT2D eigenvalue weighted by molar-refractivity contribution is -0.137. The summed E-state index contributed by atoms with van der Waals surface area (Å²) in [6, 6.07) is 12.3. The minimum Gasteiger partial charge on any atom is -0.497 e. The highest BCUT2D eigenvalue weighted by atomic mass is 35.5. The number of carboxylic acid groups (broad SMARTS) is 1. The molecule has 1 amide bonds. The van der Waals surface area contributed by atoms with Gasteiger partial charge in [0.1, 0.15) is 10.9 Å². The molecule has 3 aromatic rings. The lowest BCUT2D eigenvalue weighted by Crippen LogP contribution is -2.27. The molecule has 36 heavy (non-hydrogen) atoms. The van der Waals surface area contributed by atoms with Gasteiger partial charge in [-0.15, -0.1) is 0 Å². The van der Waals surface area contributed by atoms with Crippen LogP contribution in [0.2, 0.25) is 5.15 Å². The minimum absolute atomic E-state index is 0.0396. The van der Waals surface area contributed by atoms with Gasteiger partial charge in [0.05, 0.1) is 38.6 Å². The summed E-state index contributed by atoms with van der Waals surface area (Å²) in [7, 11) is 4.69. The Bertz CT molecular complexity index is 1340. The number of carboxylic acids is 1. The molecular weight excluding hydrogens is 486 g/mol. The number of benzene rings is 2. The molecule has 0 aliphatic carbocycles. The largest absolute Gasteiger partial charge is 0.497 e. The van der Waals surface area contributed by atoms with E-state index in [1.807, 2.05) is 24.3 Å². The standard InChI is InChI=1S/C26H26ClN3O6/c1-34-17-8-9-19-16(11-17)12-18(26(27)28-19)21-14-20(15-7-10-22(35-2)23(13-15)36-3)29-30(21)24(31)5-4-6-25(32)33/h7-13,21H,4-6,14H2,1-3H3,(H,32,33)/t21-/m0/s1. The lowest BCUT2D eigenvalue weighted by Gasteiger charge is -2.23. The Labute approximate surface area is 213 Å². The molecule has 0 spiro atoms. The average molecular weight is 512 g/mol. The van der Waals surface area contributed by atoms with Crippen LogP contribution in [0.25, 0.3) is 10.9 Å². The second-order valence-electron chi connectivity index (χ2n) is 8.25. The number of halogens is 1. The molecule has 0 bridgehead atoms. The van der Waals surface area contributed by atoms with Crippen LogP contribution in [0.5, 0.6) is 17.2 Å². The van der Waals surface area contributed by atoms with Crippen molar-refractivity contribution in [2.24, 2.45) is 5.10 Å². The van der Waals surface area contributed by atoms with Crippen LogP contribution in [-0.4, -0.2) is 54.0 Å². The highest BCUT2D eigenvalue weighted by molar-refractivity contribution is 6.30. The number of amides is 1. The molecule has 2 aromatic carbocycles. The van der Waals surface area contributed by atoms with E-state index in [9.17, 15) is 9.59 Å². The molecule has 0 radical (unpaired) electrons.